The van der Waals surface area contributed by atoms with Gasteiger partial charge in [0, 0.05) is 109 Å². The Bertz CT molecular complexity index is 1670. The lowest BCUT2D eigenvalue weighted by molar-refractivity contribution is -0.146. The van der Waals surface area contributed by atoms with Crippen LogP contribution in [0.1, 0.15) is 279 Å². The molecule has 18 nitrogen and oxygen atoms in total. The molecule has 0 amide bonds. The SMILES string of the molecule is CCCCOC(=O)CCCCCCC(O)CN(CCCCC(=O)OCCN1CCN(CCSSCCCCN(CC(O)CCCCCCC(=O)OCC(CC)CC)CC(O)CCCCCCC(=O)OCC(CC)CC)CC1)CC(O)CCCCCCC(=O)OCCCC. The van der Waals surface area contributed by atoms with Crippen LogP contribution in [0.3, 0.4) is 0 Å². The summed E-state index contributed by atoms with van der Waals surface area (Å²) in [5.74, 6) is 2.30. The smallest absolute Gasteiger partial charge is 0.305 e. The molecule has 548 valence electrons. The number of aliphatic hydroxyl groups excluding tert-OH is 4. The van der Waals surface area contributed by atoms with Crippen LogP contribution in [0.2, 0.25) is 0 Å². The summed E-state index contributed by atoms with van der Waals surface area (Å²) >= 11 is 0. The van der Waals surface area contributed by atoms with Gasteiger partial charge in [0.15, 0.2) is 0 Å². The van der Waals surface area contributed by atoms with E-state index in [9.17, 15) is 44.4 Å². The molecule has 1 saturated heterocycles. The zero-order chi connectivity index (χ0) is 68.2. The molecule has 1 fully saturated rings. The molecule has 0 bridgehead atoms. The number of unbranched alkanes of at least 4 members (excludes halogenated alkanes) is 16. The first-order valence-corrected chi connectivity index (χ1v) is 40.3. The van der Waals surface area contributed by atoms with Crippen molar-refractivity contribution in [1.29, 1.82) is 0 Å². The molecule has 0 aromatic heterocycles. The van der Waals surface area contributed by atoms with Crippen LogP contribution < -0.4 is 0 Å². The minimum atomic E-state index is -0.534. The highest BCUT2D eigenvalue weighted by atomic mass is 33.1. The third-order valence-electron chi connectivity index (χ3n) is 18.1. The fraction of sp³-hybridized carbons (Fsp3) is 0.932. The summed E-state index contributed by atoms with van der Waals surface area (Å²) in [6.07, 6.45) is 28.3. The van der Waals surface area contributed by atoms with Gasteiger partial charge in [0.2, 0.25) is 0 Å². The van der Waals surface area contributed by atoms with Crippen molar-refractivity contribution in [3.63, 3.8) is 0 Å². The summed E-state index contributed by atoms with van der Waals surface area (Å²) in [5, 5.41) is 44.3. The minimum absolute atomic E-state index is 0.109. The van der Waals surface area contributed by atoms with Gasteiger partial charge >= 0.3 is 29.8 Å². The number of rotatable bonds is 67. The molecule has 0 aromatic rings. The number of aliphatic hydroxyl groups is 4. The first-order chi connectivity index (χ1) is 45.1. The fourth-order valence-corrected chi connectivity index (χ4v) is 13.7. The highest BCUT2D eigenvalue weighted by Crippen LogP contribution is 2.24. The van der Waals surface area contributed by atoms with Crippen LogP contribution in [-0.2, 0) is 47.7 Å². The van der Waals surface area contributed by atoms with E-state index >= 15 is 0 Å². The Morgan fingerprint density at radius 2 is 0.656 bits per heavy atom. The van der Waals surface area contributed by atoms with Crippen LogP contribution >= 0.6 is 21.6 Å². The maximum Gasteiger partial charge on any atom is 0.305 e. The molecule has 4 N–H and O–H groups in total. The van der Waals surface area contributed by atoms with Crippen LogP contribution in [0.25, 0.3) is 0 Å². The molecule has 0 saturated carbocycles. The van der Waals surface area contributed by atoms with Crippen molar-refractivity contribution in [3.8, 4) is 0 Å². The zero-order valence-corrected chi connectivity index (χ0v) is 61.7. The lowest BCUT2D eigenvalue weighted by atomic mass is 10.1. The molecule has 1 rings (SSSR count). The van der Waals surface area contributed by atoms with Crippen molar-refractivity contribution in [1.82, 2.24) is 19.6 Å². The van der Waals surface area contributed by atoms with Crippen LogP contribution in [0.15, 0.2) is 0 Å². The number of hydrogen-bond donors (Lipinski definition) is 4. The predicted octanol–water partition coefficient (Wildman–Crippen LogP) is 13.5. The van der Waals surface area contributed by atoms with E-state index in [1.165, 1.54) is 0 Å². The molecule has 1 aliphatic heterocycles. The molecule has 1 heterocycles. The van der Waals surface area contributed by atoms with Gasteiger partial charge in [0.25, 0.3) is 0 Å². The summed E-state index contributed by atoms with van der Waals surface area (Å²) in [5.41, 5.74) is 0. The van der Waals surface area contributed by atoms with Gasteiger partial charge in [-0.25, -0.2) is 0 Å². The quantitative estimate of drug-likeness (QED) is 0.0192. The van der Waals surface area contributed by atoms with Crippen LogP contribution in [0, 0.1) is 11.8 Å². The van der Waals surface area contributed by atoms with Gasteiger partial charge in [0.1, 0.15) is 6.61 Å². The molecule has 0 aromatic carbocycles. The molecule has 0 aliphatic carbocycles. The van der Waals surface area contributed by atoms with E-state index in [-0.39, 0.29) is 29.8 Å². The fourth-order valence-electron chi connectivity index (χ4n) is 11.5. The monoisotopic (exact) mass is 1360 g/mol. The first-order valence-electron chi connectivity index (χ1n) is 37.8. The Morgan fingerprint density at radius 3 is 1.01 bits per heavy atom. The highest BCUT2D eigenvalue weighted by Gasteiger charge is 2.21. The number of piperazine rings is 1. The number of esters is 5. The molecule has 93 heavy (non-hydrogen) atoms. The predicted molar refractivity (Wildman–Crippen MR) is 381 cm³/mol. The maximum absolute atomic E-state index is 12.8. The lowest BCUT2D eigenvalue weighted by Gasteiger charge is -2.34. The Kier molecular flexibility index (Phi) is 60.3. The van der Waals surface area contributed by atoms with E-state index in [4.69, 9.17) is 23.7 Å². The van der Waals surface area contributed by atoms with E-state index in [1.807, 2.05) is 21.6 Å². The second kappa shape index (κ2) is 63.2. The standard InChI is InChI=1S/C73H140N4O14S2/c1-7-13-52-87-69(82)39-27-19-15-23-35-65(78)57-76(58-66(79)36-24-16-20-28-40-70(83)88-53-14-8-2)44-32-31-43-71(84)89-54-50-74-46-48-75(49-47-74)51-56-93-92-55-34-33-45-77(59-67(80)37-25-17-21-29-41-72(85)90-61-63(9-3)10-4)60-68(81)38-26-18-22-30-42-73(86)91-62-64(11-5)12-6/h63-68,78-81H,7-62H2,1-6H3. The zero-order valence-electron chi connectivity index (χ0n) is 60.0. The number of hydrogen-bond acceptors (Lipinski definition) is 20. The van der Waals surface area contributed by atoms with Gasteiger partial charge in [-0.1, -0.05) is 179 Å². The lowest BCUT2D eigenvalue weighted by Crippen LogP contribution is -2.47. The third-order valence-corrected chi connectivity index (χ3v) is 20.6. The summed E-state index contributed by atoms with van der Waals surface area (Å²) < 4.78 is 27.2. The third kappa shape index (κ3) is 55.3. The van der Waals surface area contributed by atoms with E-state index < -0.39 is 24.4 Å². The first kappa shape index (κ1) is 88.7. The topological polar surface area (TPSA) is 225 Å². The van der Waals surface area contributed by atoms with E-state index in [1.54, 1.807) is 0 Å². The number of carbonyl (C=O) groups excluding carboxylic acids is 5. The second-order valence-corrected chi connectivity index (χ2v) is 29.2. The van der Waals surface area contributed by atoms with Crippen LogP contribution in [0.5, 0.6) is 0 Å². The Balaban J connectivity index is 2.45. The summed E-state index contributed by atoms with van der Waals surface area (Å²) in [6.45, 7) is 24.1. The summed E-state index contributed by atoms with van der Waals surface area (Å²) in [7, 11) is 3.85. The van der Waals surface area contributed by atoms with E-state index in [0.717, 1.165) is 231 Å². The van der Waals surface area contributed by atoms with Gasteiger partial charge < -0.3 is 44.1 Å². The largest absolute Gasteiger partial charge is 0.466 e. The summed E-state index contributed by atoms with van der Waals surface area (Å²) in [6, 6.07) is 0. The highest BCUT2D eigenvalue weighted by molar-refractivity contribution is 8.76. The van der Waals surface area contributed by atoms with Gasteiger partial charge in [0.05, 0.1) is 50.8 Å². The van der Waals surface area contributed by atoms with Gasteiger partial charge in [-0.2, -0.15) is 0 Å². The van der Waals surface area contributed by atoms with Crippen molar-refractivity contribution >= 4 is 51.4 Å². The van der Waals surface area contributed by atoms with Gasteiger partial charge in [-0.3, -0.25) is 43.6 Å². The summed E-state index contributed by atoms with van der Waals surface area (Å²) in [4.78, 5) is 70.4. The van der Waals surface area contributed by atoms with Crippen molar-refractivity contribution in [2.45, 2.75) is 304 Å². The van der Waals surface area contributed by atoms with Crippen molar-refractivity contribution < 1.29 is 68.1 Å². The minimum Gasteiger partial charge on any atom is -0.466 e. The average molecular weight is 1360 g/mol. The number of ether oxygens (including phenoxy) is 5. The molecule has 4 atom stereocenters. The Morgan fingerprint density at radius 1 is 0.355 bits per heavy atom. The number of carbonyl (C=O) groups is 5. The molecule has 4 unspecified atom stereocenters. The Hall–Kier alpha value is -2.27. The molecule has 0 radical (unpaired) electrons. The van der Waals surface area contributed by atoms with Gasteiger partial charge in [-0.15, -0.1) is 0 Å². The number of nitrogens with zero attached hydrogens (tertiary/aromatic N) is 4. The molecule has 0 spiro atoms. The average Bonchev–Trinajstić information content (AvgIpc) is 3.39. The van der Waals surface area contributed by atoms with Crippen molar-refractivity contribution in [2.75, 3.05) is 123 Å². The molecule has 1 aliphatic rings. The molecular weight excluding hydrogens is 1220 g/mol. The molecular formula is C73H140N4O14S2. The van der Waals surface area contributed by atoms with Crippen molar-refractivity contribution in [2.24, 2.45) is 11.8 Å². The normalized spacial score (nSPS) is 14.5. The van der Waals surface area contributed by atoms with Crippen LogP contribution in [-0.4, -0.2) is 217 Å². The van der Waals surface area contributed by atoms with E-state index in [0.29, 0.717) is 142 Å². The van der Waals surface area contributed by atoms with Crippen molar-refractivity contribution in [3.05, 3.63) is 0 Å². The maximum atomic E-state index is 12.8. The Labute approximate surface area is 574 Å². The molecule has 20 heteroatoms. The van der Waals surface area contributed by atoms with Crippen LogP contribution in [0.4, 0.5) is 0 Å². The second-order valence-electron chi connectivity index (χ2n) is 26.5. The van der Waals surface area contributed by atoms with Gasteiger partial charge in [-0.05, 0) is 115 Å². The van der Waals surface area contributed by atoms with E-state index in [2.05, 4.69) is 61.1 Å².